The van der Waals surface area contributed by atoms with Gasteiger partial charge in [0, 0.05) is 11.6 Å². The second kappa shape index (κ2) is 7.90. The first-order valence-electron chi connectivity index (χ1n) is 6.63. The molecule has 6 heteroatoms. The molecule has 118 valence electrons. The maximum atomic E-state index is 13.3. The van der Waals surface area contributed by atoms with Crippen molar-refractivity contribution < 1.29 is 22.7 Å². The molecule has 2 aromatic rings. The minimum atomic E-state index is -0.809. The fraction of sp³-hybridized carbons (Fsp3) is 0.118. The summed E-state index contributed by atoms with van der Waals surface area (Å²) in [5, 5.41) is 2.52. The van der Waals surface area contributed by atoms with Gasteiger partial charge in [0.05, 0.1) is 6.54 Å². The Morgan fingerprint density at radius 3 is 2.39 bits per heavy atom. The maximum absolute atomic E-state index is 13.3. The summed E-state index contributed by atoms with van der Waals surface area (Å²) in [6.07, 6.45) is 0. The molecule has 0 fully saturated rings. The van der Waals surface area contributed by atoms with Crippen molar-refractivity contribution in [3.63, 3.8) is 0 Å². The summed E-state index contributed by atoms with van der Waals surface area (Å²) >= 11 is 0. The van der Waals surface area contributed by atoms with E-state index in [4.69, 9.17) is 4.74 Å². The maximum Gasteiger partial charge on any atom is 0.252 e. The van der Waals surface area contributed by atoms with Crippen molar-refractivity contribution in [1.29, 1.82) is 0 Å². The molecule has 0 saturated carbocycles. The second-order valence-electron chi connectivity index (χ2n) is 4.41. The summed E-state index contributed by atoms with van der Waals surface area (Å²) in [7, 11) is 0. The molecule has 0 atom stereocenters. The number of carbonyl (C=O) groups is 1. The van der Waals surface area contributed by atoms with Crippen LogP contribution in [0.25, 0.3) is 0 Å². The number of hydrogen-bond acceptors (Lipinski definition) is 2. The number of halogens is 3. The summed E-state index contributed by atoms with van der Waals surface area (Å²) in [4.78, 5) is 11.7. The van der Waals surface area contributed by atoms with Crippen molar-refractivity contribution in [1.82, 2.24) is 5.32 Å². The minimum Gasteiger partial charge on any atom is -0.478 e. The fourth-order valence-corrected chi connectivity index (χ4v) is 1.65. The lowest BCUT2D eigenvalue weighted by Crippen LogP contribution is -2.23. The van der Waals surface area contributed by atoms with E-state index in [-0.39, 0.29) is 24.8 Å². The largest absolute Gasteiger partial charge is 0.478 e. The Morgan fingerprint density at radius 1 is 1.00 bits per heavy atom. The lowest BCUT2D eigenvalue weighted by molar-refractivity contribution is 0.0958. The van der Waals surface area contributed by atoms with Gasteiger partial charge in [-0.2, -0.15) is 0 Å². The Balaban J connectivity index is 1.75. The summed E-state index contributed by atoms with van der Waals surface area (Å²) < 4.78 is 43.7. The summed E-state index contributed by atoms with van der Waals surface area (Å²) in [6, 6.07) is 8.05. The molecule has 0 radical (unpaired) electrons. The van der Waals surface area contributed by atoms with Crippen LogP contribution >= 0.6 is 0 Å². The molecule has 0 saturated heterocycles. The van der Waals surface area contributed by atoms with Crippen LogP contribution in [-0.4, -0.2) is 19.1 Å². The highest BCUT2D eigenvalue weighted by molar-refractivity contribution is 5.94. The third-order valence-corrected chi connectivity index (χ3v) is 2.76. The van der Waals surface area contributed by atoms with Gasteiger partial charge in [-0.25, -0.2) is 13.2 Å². The summed E-state index contributed by atoms with van der Waals surface area (Å²) in [5.41, 5.74) is 0.317. The third-order valence-electron chi connectivity index (χ3n) is 2.76. The third kappa shape index (κ3) is 5.08. The molecule has 0 aliphatic carbocycles. The lowest BCUT2D eigenvalue weighted by atomic mass is 10.2. The van der Waals surface area contributed by atoms with Crippen molar-refractivity contribution >= 4 is 5.91 Å². The highest BCUT2D eigenvalue weighted by atomic mass is 19.1. The van der Waals surface area contributed by atoms with Crippen LogP contribution in [0.4, 0.5) is 13.2 Å². The Morgan fingerprint density at radius 2 is 1.70 bits per heavy atom. The zero-order chi connectivity index (χ0) is 16.7. The molecule has 0 bridgehead atoms. The molecule has 0 aliphatic heterocycles. The van der Waals surface area contributed by atoms with Gasteiger partial charge in [0.25, 0.3) is 5.91 Å². The Hall–Kier alpha value is -2.94. The van der Waals surface area contributed by atoms with Gasteiger partial charge < -0.3 is 10.1 Å². The van der Waals surface area contributed by atoms with Crippen molar-refractivity contribution in [2.24, 2.45) is 0 Å². The predicted octanol–water partition coefficient (Wildman–Crippen LogP) is 2.92. The molecule has 1 N–H and O–H groups in total. The first-order chi connectivity index (χ1) is 11.1. The average Bonchev–Trinajstić information content (AvgIpc) is 2.53. The molecule has 1 amide bonds. The van der Waals surface area contributed by atoms with Crippen LogP contribution in [0.5, 0.6) is 5.75 Å². The Kier molecular flexibility index (Phi) is 5.64. The van der Waals surface area contributed by atoms with Crippen LogP contribution < -0.4 is 10.1 Å². The normalized spacial score (nSPS) is 9.70. The number of rotatable bonds is 4. The highest BCUT2D eigenvalue weighted by Gasteiger charge is 2.04. The van der Waals surface area contributed by atoms with Crippen LogP contribution in [0.15, 0.2) is 42.5 Å². The molecule has 0 aromatic heterocycles. The topological polar surface area (TPSA) is 38.3 Å². The number of carbonyl (C=O) groups excluding carboxylic acids is 1. The van der Waals surface area contributed by atoms with Gasteiger partial charge in [-0.3, -0.25) is 4.79 Å². The van der Waals surface area contributed by atoms with Crippen LogP contribution in [0.1, 0.15) is 10.4 Å². The van der Waals surface area contributed by atoms with Crippen LogP contribution in [0.3, 0.4) is 0 Å². The van der Waals surface area contributed by atoms with Crippen LogP contribution in [0, 0.1) is 29.3 Å². The molecule has 23 heavy (non-hydrogen) atoms. The molecule has 0 spiro atoms. The van der Waals surface area contributed by atoms with E-state index in [1.54, 1.807) is 0 Å². The minimum absolute atomic E-state index is 0.0610. The van der Waals surface area contributed by atoms with E-state index in [1.807, 2.05) is 0 Å². The van der Waals surface area contributed by atoms with Crippen molar-refractivity contribution in [2.45, 2.75) is 0 Å². The van der Waals surface area contributed by atoms with Crippen molar-refractivity contribution in [3.05, 3.63) is 65.5 Å². The van der Waals surface area contributed by atoms with Gasteiger partial charge >= 0.3 is 0 Å². The second-order valence-corrected chi connectivity index (χ2v) is 4.41. The molecule has 0 heterocycles. The van der Waals surface area contributed by atoms with E-state index >= 15 is 0 Å². The Bertz CT molecular complexity index is 749. The van der Waals surface area contributed by atoms with Crippen LogP contribution in [0.2, 0.25) is 0 Å². The van der Waals surface area contributed by atoms with Crippen molar-refractivity contribution in [2.75, 3.05) is 13.2 Å². The van der Waals surface area contributed by atoms with E-state index in [1.165, 1.54) is 30.3 Å². The number of amides is 1. The fourth-order valence-electron chi connectivity index (χ4n) is 1.65. The lowest BCUT2D eigenvalue weighted by Gasteiger charge is -2.03. The van der Waals surface area contributed by atoms with Gasteiger partial charge in [0.2, 0.25) is 0 Å². The van der Waals surface area contributed by atoms with E-state index in [0.29, 0.717) is 11.6 Å². The molecule has 0 unspecified atom stereocenters. The quantitative estimate of drug-likeness (QED) is 0.880. The van der Waals surface area contributed by atoms with Gasteiger partial charge in [0.1, 0.15) is 18.2 Å². The monoisotopic (exact) mass is 319 g/mol. The van der Waals surface area contributed by atoms with Crippen molar-refractivity contribution in [3.8, 4) is 17.6 Å². The van der Waals surface area contributed by atoms with E-state index in [0.717, 1.165) is 6.07 Å². The smallest absolute Gasteiger partial charge is 0.252 e. The zero-order valence-electron chi connectivity index (χ0n) is 11.9. The average molecular weight is 319 g/mol. The number of hydrogen-bond donors (Lipinski definition) is 1. The molecular weight excluding hydrogens is 307 g/mol. The summed E-state index contributed by atoms with van der Waals surface area (Å²) in [5.74, 6) is 2.80. The SMILES string of the molecule is O=C(NCC#CCOc1ccc(F)cc1F)c1ccc(F)cc1. The standard InChI is InChI=1S/C17H12F3NO2/c18-13-5-3-12(4-6-13)17(22)21-9-1-2-10-23-16-8-7-14(19)11-15(16)20/h3-8,11H,9-10H2,(H,21,22). The number of nitrogens with one attached hydrogen (secondary N) is 1. The first-order valence-corrected chi connectivity index (χ1v) is 6.63. The predicted molar refractivity (Wildman–Crippen MR) is 78.4 cm³/mol. The molecule has 3 nitrogen and oxygen atoms in total. The van der Waals surface area contributed by atoms with Crippen LogP contribution in [-0.2, 0) is 0 Å². The summed E-state index contributed by atoms with van der Waals surface area (Å²) in [6.45, 7) is -0.0412. The highest BCUT2D eigenvalue weighted by Crippen LogP contribution is 2.17. The van der Waals surface area contributed by atoms with Gasteiger partial charge in [-0.15, -0.1) is 0 Å². The molecule has 2 rings (SSSR count). The molecule has 0 aliphatic rings. The van der Waals surface area contributed by atoms with Gasteiger partial charge in [-0.1, -0.05) is 11.8 Å². The van der Waals surface area contributed by atoms with Gasteiger partial charge in [-0.05, 0) is 36.4 Å². The van der Waals surface area contributed by atoms with E-state index in [9.17, 15) is 18.0 Å². The number of benzene rings is 2. The van der Waals surface area contributed by atoms with E-state index < -0.39 is 17.5 Å². The molecular formula is C17H12F3NO2. The first kappa shape index (κ1) is 16.4. The Labute approximate surface area is 131 Å². The van der Waals surface area contributed by atoms with Gasteiger partial charge in [0.15, 0.2) is 11.6 Å². The molecule has 2 aromatic carbocycles. The van der Waals surface area contributed by atoms with E-state index in [2.05, 4.69) is 17.2 Å². The zero-order valence-corrected chi connectivity index (χ0v) is 11.9. The number of ether oxygens (including phenoxy) is 1.